The van der Waals surface area contributed by atoms with E-state index in [1.165, 1.54) is 17.3 Å². The van der Waals surface area contributed by atoms with Crippen LogP contribution in [-0.4, -0.2) is 43.1 Å². The molecule has 2 aliphatic heterocycles. The van der Waals surface area contributed by atoms with Crippen LogP contribution < -0.4 is 5.11 Å². The number of fused-ring (bicyclic) bond motifs is 1. The van der Waals surface area contributed by atoms with Crippen molar-refractivity contribution in [3.05, 3.63) is 12.4 Å². The zero-order valence-corrected chi connectivity index (χ0v) is 8.27. The van der Waals surface area contributed by atoms with Gasteiger partial charge in [0.25, 0.3) is 10.0 Å². The Morgan fingerprint density at radius 2 is 2.27 bits per heavy atom. The van der Waals surface area contributed by atoms with E-state index in [1.54, 1.807) is 0 Å². The summed E-state index contributed by atoms with van der Waals surface area (Å²) in [5.41, 5.74) is -0.458. The van der Waals surface area contributed by atoms with Crippen LogP contribution in [0.1, 0.15) is 0 Å². The van der Waals surface area contributed by atoms with Gasteiger partial charge in [0.05, 0.1) is 11.7 Å². The van der Waals surface area contributed by atoms with Crippen molar-refractivity contribution in [3.63, 3.8) is 0 Å². The molecule has 2 aliphatic rings. The number of carboxylic acid groups (broad SMARTS) is 1. The second-order valence-corrected chi connectivity index (χ2v) is 4.71. The molecule has 0 saturated heterocycles. The summed E-state index contributed by atoms with van der Waals surface area (Å²) in [6, 6.07) is 0. The Kier molecular flexibility index (Phi) is 2.07. The molecule has 0 spiro atoms. The lowest BCUT2D eigenvalue weighted by molar-refractivity contribution is -0.293. The molecule has 0 aromatic rings. The largest absolute Gasteiger partial charge is 0.543 e. The Balaban J connectivity index is 2.52. The van der Waals surface area contributed by atoms with Gasteiger partial charge in [-0.1, -0.05) is 0 Å². The number of sulfonamides is 1. The maximum atomic E-state index is 11.2. The number of carbonyl (C=O) groups excluding carboxylic acids is 1. The molecule has 0 saturated carbocycles. The van der Waals surface area contributed by atoms with E-state index in [2.05, 4.69) is 9.39 Å². The summed E-state index contributed by atoms with van der Waals surface area (Å²) in [6.07, 6.45) is 2.74. The van der Waals surface area contributed by atoms with Crippen LogP contribution >= 0.6 is 0 Å². The number of aliphatic carboxylic acids is 1. The third-order valence-electron chi connectivity index (χ3n) is 1.94. The normalized spacial score (nSPS) is 22.8. The molecular formula is C7H6N3O4S-. The van der Waals surface area contributed by atoms with E-state index in [1.807, 2.05) is 0 Å². The third-order valence-corrected chi connectivity index (χ3v) is 3.09. The predicted molar refractivity (Wildman–Crippen MR) is 49.5 cm³/mol. The number of rotatable bonds is 1. The zero-order valence-electron chi connectivity index (χ0n) is 7.45. The highest BCUT2D eigenvalue weighted by molar-refractivity contribution is 7.90. The Bertz CT molecular complexity index is 502. The molecular weight excluding hydrogens is 222 g/mol. The summed E-state index contributed by atoms with van der Waals surface area (Å²) in [7, 11) is -3.58. The number of amidine groups is 1. The molecule has 15 heavy (non-hydrogen) atoms. The number of aliphatic imine (C=N–C) groups is 1. The summed E-state index contributed by atoms with van der Waals surface area (Å²) in [4.78, 5) is 15.6. The van der Waals surface area contributed by atoms with Gasteiger partial charge < -0.3 is 14.8 Å². The minimum atomic E-state index is -3.58. The number of hydrogen-bond acceptors (Lipinski definition) is 6. The van der Waals surface area contributed by atoms with Gasteiger partial charge in [-0.25, -0.2) is 13.4 Å². The molecule has 0 aromatic heterocycles. The van der Waals surface area contributed by atoms with Gasteiger partial charge in [-0.05, 0) is 0 Å². The smallest absolute Gasteiger partial charge is 0.256 e. The standard InChI is InChI=1S/C7H7N3O4S/c11-7(12)5-6-9-15(13,14)4-3-10(6)2-1-8-5/h1-2H,3-4H2,(H,11,12)/p-1. The van der Waals surface area contributed by atoms with Gasteiger partial charge in [0.2, 0.25) is 0 Å². The predicted octanol–water partition coefficient (Wildman–Crippen LogP) is -2.29. The first kappa shape index (κ1) is 9.84. The Hall–Kier alpha value is -1.70. The highest BCUT2D eigenvalue weighted by Gasteiger charge is 2.28. The van der Waals surface area contributed by atoms with Crippen molar-refractivity contribution in [2.75, 3.05) is 12.3 Å². The van der Waals surface area contributed by atoms with E-state index in [0.717, 1.165) is 0 Å². The molecule has 0 unspecified atom stereocenters. The Morgan fingerprint density at radius 1 is 1.53 bits per heavy atom. The molecule has 0 amide bonds. The number of hydrogen-bond donors (Lipinski definition) is 0. The number of nitrogens with zero attached hydrogens (tertiary/aromatic N) is 3. The molecule has 7 nitrogen and oxygen atoms in total. The van der Waals surface area contributed by atoms with E-state index in [-0.39, 0.29) is 18.1 Å². The summed E-state index contributed by atoms with van der Waals surface area (Å²) in [5, 5.41) is 10.6. The van der Waals surface area contributed by atoms with Crippen molar-refractivity contribution < 1.29 is 18.3 Å². The second kappa shape index (κ2) is 3.16. The van der Waals surface area contributed by atoms with E-state index in [0.29, 0.717) is 0 Å². The van der Waals surface area contributed by atoms with Crippen molar-refractivity contribution in [1.29, 1.82) is 0 Å². The first-order valence-corrected chi connectivity index (χ1v) is 5.66. The first-order valence-electron chi connectivity index (χ1n) is 4.05. The summed E-state index contributed by atoms with van der Waals surface area (Å²) in [6.45, 7) is 0.171. The SMILES string of the molecule is O=C([O-])C1=NC=CN2CCS(=O)(=O)N=C12. The minimum Gasteiger partial charge on any atom is -0.543 e. The first-order chi connectivity index (χ1) is 6.99. The van der Waals surface area contributed by atoms with E-state index < -0.39 is 21.7 Å². The van der Waals surface area contributed by atoms with Crippen LogP contribution in [0.2, 0.25) is 0 Å². The average Bonchev–Trinajstić information content (AvgIpc) is 2.15. The van der Waals surface area contributed by atoms with Crippen molar-refractivity contribution in [2.45, 2.75) is 0 Å². The molecule has 0 aliphatic carbocycles. The molecule has 0 aromatic carbocycles. The molecule has 0 radical (unpaired) electrons. The fourth-order valence-electron chi connectivity index (χ4n) is 1.26. The fourth-order valence-corrected chi connectivity index (χ4v) is 2.24. The van der Waals surface area contributed by atoms with Crippen LogP contribution in [0.3, 0.4) is 0 Å². The number of carbonyl (C=O) groups is 1. The lowest BCUT2D eigenvalue weighted by Gasteiger charge is -2.28. The van der Waals surface area contributed by atoms with Crippen LogP contribution in [-0.2, 0) is 14.8 Å². The van der Waals surface area contributed by atoms with Crippen LogP contribution in [0.4, 0.5) is 0 Å². The topological polar surface area (TPSA) is 102 Å². The van der Waals surface area contributed by atoms with Crippen molar-refractivity contribution >= 4 is 27.5 Å². The lowest BCUT2D eigenvalue weighted by atomic mass is 10.3. The maximum Gasteiger partial charge on any atom is 0.256 e. The summed E-state index contributed by atoms with van der Waals surface area (Å²) >= 11 is 0. The number of carboxylic acids is 1. The molecule has 0 atom stereocenters. The maximum absolute atomic E-state index is 11.2. The van der Waals surface area contributed by atoms with E-state index in [4.69, 9.17) is 0 Å². The summed E-state index contributed by atoms with van der Waals surface area (Å²) in [5.74, 6) is -1.86. The van der Waals surface area contributed by atoms with Gasteiger partial charge in [0.15, 0.2) is 5.84 Å². The van der Waals surface area contributed by atoms with E-state index >= 15 is 0 Å². The molecule has 0 N–H and O–H groups in total. The fraction of sp³-hybridized carbons (Fsp3) is 0.286. The van der Waals surface area contributed by atoms with Crippen molar-refractivity contribution in [3.8, 4) is 0 Å². The van der Waals surface area contributed by atoms with Gasteiger partial charge >= 0.3 is 0 Å². The minimum absolute atomic E-state index is 0.138. The molecule has 80 valence electrons. The van der Waals surface area contributed by atoms with Crippen LogP contribution in [0.5, 0.6) is 0 Å². The third kappa shape index (κ3) is 1.75. The van der Waals surface area contributed by atoms with Crippen molar-refractivity contribution in [1.82, 2.24) is 4.90 Å². The molecule has 2 rings (SSSR count). The van der Waals surface area contributed by atoms with Crippen LogP contribution in [0, 0.1) is 0 Å². The van der Waals surface area contributed by atoms with Crippen LogP contribution in [0.15, 0.2) is 21.8 Å². The zero-order chi connectivity index (χ0) is 11.1. The van der Waals surface area contributed by atoms with Gasteiger partial charge in [-0.2, -0.15) is 0 Å². The molecule has 2 heterocycles. The second-order valence-electron chi connectivity index (χ2n) is 2.96. The Labute approximate surface area is 85.5 Å². The Morgan fingerprint density at radius 3 is 2.93 bits per heavy atom. The van der Waals surface area contributed by atoms with Crippen molar-refractivity contribution in [2.24, 2.45) is 9.39 Å². The van der Waals surface area contributed by atoms with E-state index in [9.17, 15) is 18.3 Å². The molecule has 0 fully saturated rings. The lowest BCUT2D eigenvalue weighted by Crippen LogP contribution is -2.48. The summed E-state index contributed by atoms with van der Waals surface area (Å²) < 4.78 is 25.7. The van der Waals surface area contributed by atoms with Crippen LogP contribution in [0.25, 0.3) is 0 Å². The van der Waals surface area contributed by atoms with Gasteiger partial charge in [0, 0.05) is 18.9 Å². The van der Waals surface area contributed by atoms with Gasteiger partial charge in [-0.15, -0.1) is 4.40 Å². The quantitative estimate of drug-likeness (QED) is 0.502. The molecule has 8 heteroatoms. The van der Waals surface area contributed by atoms with Gasteiger partial charge in [0.1, 0.15) is 5.71 Å². The highest BCUT2D eigenvalue weighted by Crippen LogP contribution is 2.12. The average molecular weight is 228 g/mol. The monoisotopic (exact) mass is 228 g/mol. The molecule has 0 bridgehead atoms. The highest BCUT2D eigenvalue weighted by atomic mass is 32.2. The van der Waals surface area contributed by atoms with Gasteiger partial charge in [-0.3, -0.25) is 0 Å².